The molecule has 0 unspecified atom stereocenters. The number of anilines is 1. The Balaban J connectivity index is 1.22. The normalized spacial score (nSPS) is 13.7. The molecule has 0 atom stereocenters. The molecule has 0 N–H and O–H groups in total. The predicted octanol–water partition coefficient (Wildman–Crippen LogP) is 4.42. The molecule has 4 aromatic heterocycles. The molecule has 1 aromatic carbocycles. The summed E-state index contributed by atoms with van der Waals surface area (Å²) in [5, 5.41) is 17.7. The van der Waals surface area contributed by atoms with Crippen LogP contribution in [0.1, 0.15) is 17.7 Å². The van der Waals surface area contributed by atoms with E-state index in [0.717, 1.165) is 16.9 Å². The number of nitriles is 1. The van der Waals surface area contributed by atoms with Crippen LogP contribution in [0.3, 0.4) is 0 Å². The molecule has 0 spiro atoms. The zero-order valence-electron chi connectivity index (χ0n) is 21.4. The summed E-state index contributed by atoms with van der Waals surface area (Å²) in [6, 6.07) is 17.6. The zero-order valence-corrected chi connectivity index (χ0v) is 21.4. The van der Waals surface area contributed by atoms with Crippen LogP contribution >= 0.6 is 0 Å². The molecular weight excluding hydrogens is 514 g/mol. The lowest BCUT2D eigenvalue weighted by molar-refractivity contribution is -0.130. The van der Waals surface area contributed by atoms with Crippen LogP contribution in [0.25, 0.3) is 27.8 Å². The van der Waals surface area contributed by atoms with E-state index in [0.29, 0.717) is 65.1 Å². The van der Waals surface area contributed by atoms with Gasteiger partial charge in [0.2, 0.25) is 5.91 Å². The molecule has 0 saturated carbocycles. The second-order valence-electron chi connectivity index (χ2n) is 9.53. The Morgan fingerprint density at radius 2 is 1.73 bits per heavy atom. The van der Waals surface area contributed by atoms with Crippen LogP contribution in [-0.2, 0) is 11.2 Å². The summed E-state index contributed by atoms with van der Waals surface area (Å²) in [7, 11) is 0. The number of fused-ring (bicyclic) bond motifs is 1. The summed E-state index contributed by atoms with van der Waals surface area (Å²) >= 11 is 0. The summed E-state index contributed by atoms with van der Waals surface area (Å²) in [4.78, 5) is 21.4. The van der Waals surface area contributed by atoms with Crippen LogP contribution in [0.15, 0.2) is 79.5 Å². The lowest BCUT2D eigenvalue weighted by Gasteiger charge is -2.35. The Bertz CT molecular complexity index is 1700. The average Bonchev–Trinajstić information content (AvgIpc) is 3.65. The summed E-state index contributed by atoms with van der Waals surface area (Å²) < 4.78 is 28.4. The summed E-state index contributed by atoms with van der Waals surface area (Å²) in [6.07, 6.45) is 7.94. The van der Waals surface area contributed by atoms with Crippen molar-refractivity contribution >= 4 is 17.2 Å². The number of benzene rings is 1. The van der Waals surface area contributed by atoms with Crippen molar-refractivity contribution in [1.29, 1.82) is 5.26 Å². The van der Waals surface area contributed by atoms with Gasteiger partial charge < -0.3 is 9.80 Å². The Morgan fingerprint density at radius 1 is 0.925 bits per heavy atom. The highest BCUT2D eigenvalue weighted by molar-refractivity contribution is 5.87. The second kappa shape index (κ2) is 10.6. The molecule has 0 radical (unpaired) electrons. The number of nitrogens with zero attached hydrogens (tertiary/aromatic N) is 8. The fourth-order valence-corrected chi connectivity index (χ4v) is 4.97. The van der Waals surface area contributed by atoms with Crippen LogP contribution in [0.5, 0.6) is 0 Å². The van der Waals surface area contributed by atoms with Crippen molar-refractivity contribution in [2.24, 2.45) is 0 Å². The van der Waals surface area contributed by atoms with E-state index in [-0.39, 0.29) is 5.91 Å². The van der Waals surface area contributed by atoms with Gasteiger partial charge in [-0.05, 0) is 23.8 Å². The molecule has 200 valence electrons. The van der Waals surface area contributed by atoms with Gasteiger partial charge in [-0.25, -0.2) is 14.2 Å². The molecule has 9 nitrogen and oxygen atoms in total. The Kier molecular flexibility index (Phi) is 6.66. The van der Waals surface area contributed by atoms with Crippen LogP contribution < -0.4 is 4.90 Å². The average molecular weight is 539 g/mol. The van der Waals surface area contributed by atoms with Gasteiger partial charge in [-0.1, -0.05) is 30.3 Å². The molecule has 6 rings (SSSR count). The van der Waals surface area contributed by atoms with Gasteiger partial charge in [0.05, 0.1) is 29.9 Å². The highest BCUT2D eigenvalue weighted by Crippen LogP contribution is 2.32. The Morgan fingerprint density at radius 3 is 2.40 bits per heavy atom. The molecule has 0 bridgehead atoms. The van der Waals surface area contributed by atoms with Crippen LogP contribution in [0, 0.1) is 11.3 Å². The van der Waals surface area contributed by atoms with Crippen molar-refractivity contribution in [1.82, 2.24) is 29.3 Å². The summed E-state index contributed by atoms with van der Waals surface area (Å²) in [5.74, 6) is 0.907. The SMILES string of the molecule is N#Cc1cnn2cc(-c3cnn(C(F)F)c3)cc(-c3ccc(N4CCN(C(=O)Cc5ccccc5)CC4)nc3)c12. The first-order chi connectivity index (χ1) is 19.5. The molecule has 5 heterocycles. The van der Waals surface area contributed by atoms with Crippen molar-refractivity contribution in [3.05, 3.63) is 90.6 Å². The third-order valence-corrected chi connectivity index (χ3v) is 7.08. The highest BCUT2D eigenvalue weighted by atomic mass is 19.3. The molecule has 1 amide bonds. The van der Waals surface area contributed by atoms with Gasteiger partial charge in [0.15, 0.2) is 0 Å². The number of amides is 1. The second-order valence-corrected chi connectivity index (χ2v) is 9.53. The van der Waals surface area contributed by atoms with Gasteiger partial charge in [0.25, 0.3) is 0 Å². The molecule has 40 heavy (non-hydrogen) atoms. The zero-order chi connectivity index (χ0) is 27.6. The van der Waals surface area contributed by atoms with E-state index in [1.54, 1.807) is 16.9 Å². The van der Waals surface area contributed by atoms with Crippen molar-refractivity contribution in [2.75, 3.05) is 31.1 Å². The van der Waals surface area contributed by atoms with E-state index in [4.69, 9.17) is 0 Å². The van der Waals surface area contributed by atoms with Crippen molar-refractivity contribution in [3.8, 4) is 28.3 Å². The topological polar surface area (TPSA) is 95.4 Å². The third-order valence-electron chi connectivity index (χ3n) is 7.08. The minimum atomic E-state index is -2.74. The van der Waals surface area contributed by atoms with Crippen LogP contribution in [0.4, 0.5) is 14.6 Å². The van der Waals surface area contributed by atoms with Gasteiger partial charge in [0, 0.05) is 67.0 Å². The molecule has 1 aliphatic heterocycles. The van der Waals surface area contributed by atoms with Gasteiger partial charge in [-0.15, -0.1) is 0 Å². The van der Waals surface area contributed by atoms with Crippen molar-refractivity contribution in [2.45, 2.75) is 13.0 Å². The maximum absolute atomic E-state index is 13.1. The molecule has 1 aliphatic rings. The van der Waals surface area contributed by atoms with E-state index >= 15 is 0 Å². The number of hydrogen-bond acceptors (Lipinski definition) is 6. The molecule has 1 fully saturated rings. The number of carbonyl (C=O) groups is 1. The van der Waals surface area contributed by atoms with Crippen molar-refractivity contribution < 1.29 is 13.6 Å². The van der Waals surface area contributed by atoms with Crippen LogP contribution in [0.2, 0.25) is 0 Å². The number of piperazine rings is 1. The third kappa shape index (κ3) is 4.87. The fraction of sp³-hybridized carbons (Fsp3) is 0.207. The number of halogens is 2. The minimum Gasteiger partial charge on any atom is -0.353 e. The van der Waals surface area contributed by atoms with Gasteiger partial charge in [-0.3, -0.25) is 4.79 Å². The standard InChI is InChI=1S/C29H24F2N8O/c30-29(31)39-19-24(17-35-39)22-13-25(28-23(14-32)16-34-38(28)18-22)21-6-7-26(33-15-21)36-8-10-37(11-9-36)27(40)12-20-4-2-1-3-5-20/h1-7,13,15-19,29H,8-12H2. The highest BCUT2D eigenvalue weighted by Gasteiger charge is 2.22. The Labute approximate surface area is 228 Å². The summed E-state index contributed by atoms with van der Waals surface area (Å²) in [5.41, 5.74) is 4.59. The van der Waals surface area contributed by atoms with Gasteiger partial charge in [0.1, 0.15) is 11.9 Å². The molecule has 5 aromatic rings. The van der Waals surface area contributed by atoms with Gasteiger partial charge in [-0.2, -0.15) is 24.2 Å². The first kappa shape index (κ1) is 25.2. The maximum Gasteiger partial charge on any atom is 0.333 e. The van der Waals surface area contributed by atoms with E-state index in [9.17, 15) is 18.8 Å². The quantitative estimate of drug-likeness (QED) is 0.318. The number of carbonyl (C=O) groups excluding carboxylic acids is 1. The van der Waals surface area contributed by atoms with E-state index in [1.807, 2.05) is 53.4 Å². The largest absolute Gasteiger partial charge is 0.353 e. The number of pyridine rings is 2. The number of alkyl halides is 2. The lowest BCUT2D eigenvalue weighted by Crippen LogP contribution is -2.49. The van der Waals surface area contributed by atoms with Gasteiger partial charge >= 0.3 is 6.55 Å². The first-order valence-corrected chi connectivity index (χ1v) is 12.8. The first-order valence-electron chi connectivity index (χ1n) is 12.8. The van der Waals surface area contributed by atoms with E-state index in [2.05, 4.69) is 26.2 Å². The van der Waals surface area contributed by atoms with Crippen molar-refractivity contribution in [3.63, 3.8) is 0 Å². The molecular formula is C29H24F2N8O. The summed E-state index contributed by atoms with van der Waals surface area (Å²) in [6.45, 7) is -0.173. The maximum atomic E-state index is 13.1. The van der Waals surface area contributed by atoms with E-state index in [1.165, 1.54) is 18.6 Å². The number of rotatable bonds is 6. The lowest BCUT2D eigenvalue weighted by atomic mass is 10.0. The Hall–Kier alpha value is -5.11. The molecule has 1 saturated heterocycles. The monoisotopic (exact) mass is 538 g/mol. The number of hydrogen-bond donors (Lipinski definition) is 0. The molecule has 0 aliphatic carbocycles. The van der Waals surface area contributed by atoms with Crippen LogP contribution in [-0.4, -0.2) is 61.4 Å². The molecule has 11 heteroatoms. The fourth-order valence-electron chi connectivity index (χ4n) is 4.97. The predicted molar refractivity (Wildman–Crippen MR) is 145 cm³/mol. The number of aromatic nitrogens is 5. The minimum absolute atomic E-state index is 0.117. The smallest absolute Gasteiger partial charge is 0.333 e. The van der Waals surface area contributed by atoms with E-state index < -0.39 is 6.55 Å².